The second-order valence-corrected chi connectivity index (χ2v) is 9.30. The highest BCUT2D eigenvalue weighted by atomic mass is 16.4. The van der Waals surface area contributed by atoms with Gasteiger partial charge in [0, 0.05) is 5.56 Å². The van der Waals surface area contributed by atoms with E-state index in [2.05, 4.69) is 34.6 Å². The third kappa shape index (κ3) is 3.76. The fourth-order valence-corrected chi connectivity index (χ4v) is 4.52. The molecule has 0 aromatic heterocycles. The molecule has 24 heavy (non-hydrogen) atoms. The molecule has 0 aliphatic heterocycles. The van der Waals surface area contributed by atoms with E-state index in [1.807, 2.05) is 12.1 Å². The topological polar surface area (TPSA) is 57.5 Å². The van der Waals surface area contributed by atoms with Gasteiger partial charge in [0.1, 0.15) is 5.75 Å². The normalized spacial score (nSPS) is 18.4. The lowest BCUT2D eigenvalue weighted by Crippen LogP contribution is -2.38. The zero-order chi connectivity index (χ0) is 18.2. The summed E-state index contributed by atoms with van der Waals surface area (Å²) in [7, 11) is 0. The van der Waals surface area contributed by atoms with Crippen LogP contribution in [-0.2, 0) is 15.6 Å². The average molecular weight is 332 g/mol. The molecule has 1 aromatic carbocycles. The van der Waals surface area contributed by atoms with Crippen LogP contribution in [0.2, 0.25) is 0 Å². The minimum absolute atomic E-state index is 0.0743. The molecule has 0 heterocycles. The van der Waals surface area contributed by atoms with Gasteiger partial charge in [-0.1, -0.05) is 66.0 Å². The van der Waals surface area contributed by atoms with E-state index in [0.717, 1.165) is 31.2 Å². The van der Waals surface area contributed by atoms with Crippen molar-refractivity contribution in [3.05, 3.63) is 29.3 Å². The molecule has 0 bridgehead atoms. The van der Waals surface area contributed by atoms with Gasteiger partial charge in [-0.3, -0.25) is 4.79 Å². The molecule has 134 valence electrons. The quantitative estimate of drug-likeness (QED) is 0.777. The van der Waals surface area contributed by atoms with Crippen LogP contribution in [0.15, 0.2) is 18.2 Å². The van der Waals surface area contributed by atoms with E-state index in [0.29, 0.717) is 18.4 Å². The number of phenolic OH excluding ortho intramolecular Hbond substituents is 1. The van der Waals surface area contributed by atoms with Crippen LogP contribution in [0.25, 0.3) is 0 Å². The number of carboxylic acid groups (broad SMARTS) is 1. The van der Waals surface area contributed by atoms with Gasteiger partial charge in [-0.2, -0.15) is 0 Å². The first-order chi connectivity index (χ1) is 11.0. The van der Waals surface area contributed by atoms with Crippen molar-refractivity contribution in [2.75, 3.05) is 0 Å². The summed E-state index contributed by atoms with van der Waals surface area (Å²) in [4.78, 5) is 12.1. The van der Waals surface area contributed by atoms with Crippen LogP contribution in [0.5, 0.6) is 5.75 Å². The predicted octanol–water partition coefficient (Wildman–Crippen LogP) is 5.39. The van der Waals surface area contributed by atoms with Crippen LogP contribution < -0.4 is 0 Å². The molecule has 3 heteroatoms. The Balaban J connectivity index is 2.50. The Kier molecular flexibility index (Phi) is 5.03. The molecule has 2 N–H and O–H groups in total. The summed E-state index contributed by atoms with van der Waals surface area (Å²) in [5, 5.41) is 20.4. The average Bonchev–Trinajstić information content (AvgIpc) is 2.45. The summed E-state index contributed by atoms with van der Waals surface area (Å²) in [5.41, 5.74) is 0.882. The summed E-state index contributed by atoms with van der Waals surface area (Å²) in [6.07, 6.45) is 5.09. The number of benzene rings is 1. The molecule has 1 aromatic rings. The molecule has 0 unspecified atom stereocenters. The largest absolute Gasteiger partial charge is 0.508 e. The number of carbonyl (C=O) groups is 1. The Morgan fingerprint density at radius 2 is 1.67 bits per heavy atom. The molecule has 0 saturated heterocycles. The maximum atomic E-state index is 12.1. The number of aliphatic carboxylic acids is 1. The maximum Gasteiger partial charge on any atom is 0.314 e. The molecular formula is C21H32O3. The van der Waals surface area contributed by atoms with Crippen molar-refractivity contribution >= 4 is 5.97 Å². The van der Waals surface area contributed by atoms with Gasteiger partial charge in [-0.15, -0.1) is 0 Å². The van der Waals surface area contributed by atoms with Crippen LogP contribution >= 0.6 is 0 Å². The molecule has 2 rings (SSSR count). The molecule has 0 atom stereocenters. The lowest BCUT2D eigenvalue weighted by atomic mass is 9.67. The van der Waals surface area contributed by atoms with Gasteiger partial charge in [-0.25, -0.2) is 0 Å². The van der Waals surface area contributed by atoms with Crippen molar-refractivity contribution < 1.29 is 15.0 Å². The fourth-order valence-electron chi connectivity index (χ4n) is 4.52. The number of carboxylic acids is 1. The van der Waals surface area contributed by atoms with Gasteiger partial charge in [0.2, 0.25) is 0 Å². The molecular weight excluding hydrogens is 300 g/mol. The molecule has 0 radical (unpaired) electrons. The molecule has 1 saturated carbocycles. The highest BCUT2D eigenvalue weighted by molar-refractivity contribution is 5.82. The highest BCUT2D eigenvalue weighted by Gasteiger charge is 2.43. The van der Waals surface area contributed by atoms with Crippen LogP contribution in [0.3, 0.4) is 0 Å². The van der Waals surface area contributed by atoms with Gasteiger partial charge in [0.05, 0.1) is 5.41 Å². The minimum Gasteiger partial charge on any atom is -0.508 e. The van der Waals surface area contributed by atoms with Crippen molar-refractivity contribution in [1.29, 1.82) is 0 Å². The van der Waals surface area contributed by atoms with Gasteiger partial charge >= 0.3 is 5.97 Å². The lowest BCUT2D eigenvalue weighted by molar-refractivity contribution is -0.145. The Morgan fingerprint density at radius 3 is 2.17 bits per heavy atom. The van der Waals surface area contributed by atoms with Crippen molar-refractivity contribution in [3.63, 3.8) is 0 Å². The van der Waals surface area contributed by atoms with E-state index >= 15 is 0 Å². The van der Waals surface area contributed by atoms with E-state index in [9.17, 15) is 15.0 Å². The summed E-state index contributed by atoms with van der Waals surface area (Å²) >= 11 is 0. The van der Waals surface area contributed by atoms with Crippen LogP contribution in [0.1, 0.15) is 84.3 Å². The van der Waals surface area contributed by atoms with Gasteiger partial charge in [0.15, 0.2) is 0 Å². The summed E-state index contributed by atoms with van der Waals surface area (Å²) in [6.45, 7) is 11.0. The second kappa shape index (κ2) is 6.42. The smallest absolute Gasteiger partial charge is 0.314 e. The Labute approximate surface area is 146 Å². The Morgan fingerprint density at radius 1 is 1.08 bits per heavy atom. The van der Waals surface area contributed by atoms with E-state index < -0.39 is 11.4 Å². The van der Waals surface area contributed by atoms with E-state index in [-0.39, 0.29) is 16.6 Å². The summed E-state index contributed by atoms with van der Waals surface area (Å²) in [6, 6.07) is 5.60. The Bertz CT molecular complexity index is 602. The number of rotatable bonds is 4. The fraction of sp³-hybridized carbons (Fsp3) is 0.667. The highest BCUT2D eigenvalue weighted by Crippen LogP contribution is 2.45. The van der Waals surface area contributed by atoms with Crippen molar-refractivity contribution in [2.24, 2.45) is 5.41 Å². The third-order valence-electron chi connectivity index (χ3n) is 5.38. The number of hydrogen-bond acceptors (Lipinski definition) is 2. The summed E-state index contributed by atoms with van der Waals surface area (Å²) < 4.78 is 0. The first-order valence-electron chi connectivity index (χ1n) is 9.05. The van der Waals surface area contributed by atoms with Crippen LogP contribution in [0, 0.1) is 5.41 Å². The van der Waals surface area contributed by atoms with Crippen LogP contribution in [0.4, 0.5) is 0 Å². The van der Waals surface area contributed by atoms with E-state index in [1.54, 1.807) is 6.07 Å². The Hall–Kier alpha value is -1.51. The third-order valence-corrected chi connectivity index (χ3v) is 5.38. The van der Waals surface area contributed by atoms with Crippen molar-refractivity contribution in [1.82, 2.24) is 0 Å². The van der Waals surface area contributed by atoms with Crippen molar-refractivity contribution in [3.8, 4) is 5.75 Å². The zero-order valence-corrected chi connectivity index (χ0v) is 15.8. The molecule has 1 aliphatic carbocycles. The number of phenols is 1. The monoisotopic (exact) mass is 332 g/mol. The van der Waals surface area contributed by atoms with Crippen LogP contribution in [-0.4, -0.2) is 16.2 Å². The van der Waals surface area contributed by atoms with E-state index in [4.69, 9.17) is 0 Å². The minimum atomic E-state index is -0.934. The SMILES string of the molecule is CC(C)(C)CC(C)(C)c1ccc(O)c(C2(C(=O)O)CCCCC2)c1. The lowest BCUT2D eigenvalue weighted by Gasteiger charge is -2.37. The molecule has 0 spiro atoms. The number of aromatic hydroxyl groups is 1. The molecule has 1 fully saturated rings. The molecule has 3 nitrogen and oxygen atoms in total. The predicted molar refractivity (Wildman–Crippen MR) is 97.6 cm³/mol. The first-order valence-corrected chi connectivity index (χ1v) is 9.05. The van der Waals surface area contributed by atoms with E-state index in [1.165, 1.54) is 0 Å². The van der Waals surface area contributed by atoms with Gasteiger partial charge in [0.25, 0.3) is 0 Å². The second-order valence-electron chi connectivity index (χ2n) is 9.30. The number of hydrogen-bond donors (Lipinski definition) is 2. The standard InChI is InChI=1S/C21H32O3/c1-19(2,3)14-20(4,5)15-9-10-17(22)16(13-15)21(18(23)24)11-7-6-8-12-21/h9-10,13,22H,6-8,11-12,14H2,1-5H3,(H,23,24). The van der Waals surface area contributed by atoms with Gasteiger partial charge in [-0.05, 0) is 41.7 Å². The van der Waals surface area contributed by atoms with Crippen molar-refractivity contribution in [2.45, 2.75) is 84.0 Å². The first kappa shape index (κ1) is 18.8. The molecule has 0 amide bonds. The zero-order valence-electron chi connectivity index (χ0n) is 15.8. The molecule has 1 aliphatic rings. The summed E-state index contributed by atoms with van der Waals surface area (Å²) in [5.74, 6) is -0.683. The maximum absolute atomic E-state index is 12.1. The van der Waals surface area contributed by atoms with Gasteiger partial charge < -0.3 is 10.2 Å².